The highest BCUT2D eigenvalue weighted by molar-refractivity contribution is 6.11. The standard InChI is InChI=1S/C19H19NO3/c1-13-8-11-17(23-2)16(12-13)19(22)20(15-9-10-15)18(21)14-6-4-3-5-7-14/h3-8,11-12,15H,9-10H2,1-2H3. The van der Waals surface area contributed by atoms with Gasteiger partial charge in [-0.3, -0.25) is 14.5 Å². The van der Waals surface area contributed by atoms with Gasteiger partial charge in [0.2, 0.25) is 0 Å². The normalized spacial score (nSPS) is 13.5. The second kappa shape index (κ2) is 6.24. The van der Waals surface area contributed by atoms with Crippen LogP contribution < -0.4 is 4.74 Å². The van der Waals surface area contributed by atoms with Crippen molar-refractivity contribution in [2.24, 2.45) is 0 Å². The van der Waals surface area contributed by atoms with Crippen LogP contribution in [0, 0.1) is 6.92 Å². The maximum atomic E-state index is 13.0. The van der Waals surface area contributed by atoms with Crippen LogP contribution in [0.25, 0.3) is 0 Å². The first-order chi connectivity index (χ1) is 11.1. The SMILES string of the molecule is COc1ccc(C)cc1C(=O)N(C(=O)c1ccccc1)C1CC1. The summed E-state index contributed by atoms with van der Waals surface area (Å²) in [4.78, 5) is 27.2. The Bertz CT molecular complexity index is 736. The van der Waals surface area contributed by atoms with E-state index in [2.05, 4.69) is 0 Å². The predicted octanol–water partition coefficient (Wildman–Crippen LogP) is 3.45. The smallest absolute Gasteiger partial charge is 0.264 e. The third-order valence-electron chi connectivity index (χ3n) is 3.96. The molecule has 118 valence electrons. The van der Waals surface area contributed by atoms with E-state index in [0.717, 1.165) is 18.4 Å². The van der Waals surface area contributed by atoms with E-state index in [0.29, 0.717) is 16.9 Å². The van der Waals surface area contributed by atoms with Gasteiger partial charge >= 0.3 is 0 Å². The second-order valence-electron chi connectivity index (χ2n) is 5.78. The lowest BCUT2D eigenvalue weighted by Gasteiger charge is -2.22. The number of aryl methyl sites for hydroxylation is 1. The lowest BCUT2D eigenvalue weighted by atomic mass is 10.1. The Kier molecular flexibility index (Phi) is 4.15. The number of hydrogen-bond donors (Lipinski definition) is 0. The Morgan fingerprint density at radius 3 is 2.35 bits per heavy atom. The van der Waals surface area contributed by atoms with Crippen molar-refractivity contribution in [1.29, 1.82) is 0 Å². The summed E-state index contributed by atoms with van der Waals surface area (Å²) in [6, 6.07) is 14.3. The molecule has 0 aromatic heterocycles. The van der Waals surface area contributed by atoms with Crippen molar-refractivity contribution in [2.45, 2.75) is 25.8 Å². The summed E-state index contributed by atoms with van der Waals surface area (Å²) in [5, 5.41) is 0. The van der Waals surface area contributed by atoms with Crippen LogP contribution in [-0.4, -0.2) is 29.9 Å². The summed E-state index contributed by atoms with van der Waals surface area (Å²) in [5.74, 6) is -0.0457. The highest BCUT2D eigenvalue weighted by Crippen LogP contribution is 2.32. The molecule has 0 saturated heterocycles. The number of benzene rings is 2. The molecule has 1 aliphatic rings. The van der Waals surface area contributed by atoms with Crippen molar-refractivity contribution in [1.82, 2.24) is 4.90 Å². The number of nitrogens with zero attached hydrogens (tertiary/aromatic N) is 1. The number of rotatable bonds is 4. The number of hydrogen-bond acceptors (Lipinski definition) is 3. The maximum Gasteiger partial charge on any atom is 0.264 e. The summed E-state index contributed by atoms with van der Waals surface area (Å²) in [6.07, 6.45) is 1.72. The van der Waals surface area contributed by atoms with Gasteiger partial charge < -0.3 is 4.74 Å². The highest BCUT2D eigenvalue weighted by atomic mass is 16.5. The van der Waals surface area contributed by atoms with Crippen molar-refractivity contribution in [3.05, 3.63) is 65.2 Å². The van der Waals surface area contributed by atoms with E-state index >= 15 is 0 Å². The van der Waals surface area contributed by atoms with Gasteiger partial charge in [-0.25, -0.2) is 0 Å². The summed E-state index contributed by atoms with van der Waals surface area (Å²) >= 11 is 0. The molecule has 1 aliphatic carbocycles. The molecule has 0 atom stereocenters. The number of ether oxygens (including phenoxy) is 1. The Morgan fingerprint density at radius 1 is 1.04 bits per heavy atom. The molecular weight excluding hydrogens is 290 g/mol. The summed E-state index contributed by atoms with van der Waals surface area (Å²) in [5.41, 5.74) is 1.92. The maximum absolute atomic E-state index is 13.0. The molecule has 2 aromatic rings. The van der Waals surface area contributed by atoms with Gasteiger partial charge in [0.15, 0.2) is 0 Å². The van der Waals surface area contributed by atoms with Gasteiger partial charge in [0.05, 0.1) is 12.7 Å². The van der Waals surface area contributed by atoms with Gasteiger partial charge in [-0.05, 0) is 44.0 Å². The van der Waals surface area contributed by atoms with Crippen LogP contribution >= 0.6 is 0 Å². The number of methoxy groups -OCH3 is 1. The minimum atomic E-state index is -0.290. The summed E-state index contributed by atoms with van der Waals surface area (Å²) in [7, 11) is 1.53. The van der Waals surface area contributed by atoms with E-state index in [1.165, 1.54) is 12.0 Å². The zero-order valence-electron chi connectivity index (χ0n) is 13.3. The van der Waals surface area contributed by atoms with E-state index in [-0.39, 0.29) is 17.9 Å². The minimum absolute atomic E-state index is 0.0135. The Morgan fingerprint density at radius 2 is 1.74 bits per heavy atom. The molecule has 3 rings (SSSR count). The minimum Gasteiger partial charge on any atom is -0.496 e. The molecule has 23 heavy (non-hydrogen) atoms. The number of amides is 2. The molecule has 0 N–H and O–H groups in total. The molecule has 0 unspecified atom stereocenters. The van der Waals surface area contributed by atoms with Crippen LogP contribution in [0.15, 0.2) is 48.5 Å². The largest absolute Gasteiger partial charge is 0.496 e. The van der Waals surface area contributed by atoms with E-state index in [4.69, 9.17) is 4.74 Å². The van der Waals surface area contributed by atoms with E-state index in [1.54, 1.807) is 36.4 Å². The molecule has 2 aromatic carbocycles. The predicted molar refractivity (Wildman–Crippen MR) is 87.7 cm³/mol. The van der Waals surface area contributed by atoms with Gasteiger partial charge in [0.25, 0.3) is 11.8 Å². The van der Waals surface area contributed by atoms with E-state index in [9.17, 15) is 9.59 Å². The molecule has 0 aliphatic heterocycles. The molecule has 0 spiro atoms. The second-order valence-corrected chi connectivity index (χ2v) is 5.78. The van der Waals surface area contributed by atoms with Gasteiger partial charge in [-0.1, -0.05) is 29.8 Å². The molecule has 0 bridgehead atoms. The van der Waals surface area contributed by atoms with Crippen LogP contribution in [0.4, 0.5) is 0 Å². The van der Waals surface area contributed by atoms with Gasteiger partial charge in [-0.15, -0.1) is 0 Å². The first-order valence-corrected chi connectivity index (χ1v) is 7.69. The van der Waals surface area contributed by atoms with E-state index < -0.39 is 0 Å². The van der Waals surface area contributed by atoms with Crippen LogP contribution in [0.5, 0.6) is 5.75 Å². The quantitative estimate of drug-likeness (QED) is 0.813. The first-order valence-electron chi connectivity index (χ1n) is 7.69. The van der Waals surface area contributed by atoms with Crippen LogP contribution in [0.1, 0.15) is 39.1 Å². The zero-order chi connectivity index (χ0) is 16.4. The summed E-state index contributed by atoms with van der Waals surface area (Å²) in [6.45, 7) is 1.91. The molecule has 0 heterocycles. The van der Waals surface area contributed by atoms with Crippen molar-refractivity contribution in [2.75, 3.05) is 7.11 Å². The van der Waals surface area contributed by atoms with Crippen LogP contribution in [0.3, 0.4) is 0 Å². The molecular formula is C19H19NO3. The van der Waals surface area contributed by atoms with Crippen molar-refractivity contribution >= 4 is 11.8 Å². The Labute approximate surface area is 135 Å². The number of carbonyl (C=O) groups is 2. The summed E-state index contributed by atoms with van der Waals surface area (Å²) < 4.78 is 5.30. The van der Waals surface area contributed by atoms with E-state index in [1.807, 2.05) is 19.1 Å². The molecule has 4 heteroatoms. The molecule has 1 saturated carbocycles. The van der Waals surface area contributed by atoms with Crippen molar-refractivity contribution in [3.63, 3.8) is 0 Å². The molecule has 2 amide bonds. The van der Waals surface area contributed by atoms with Gasteiger partial charge in [-0.2, -0.15) is 0 Å². The molecule has 1 fully saturated rings. The van der Waals surface area contributed by atoms with Crippen molar-refractivity contribution in [3.8, 4) is 5.75 Å². The van der Waals surface area contributed by atoms with Crippen LogP contribution in [-0.2, 0) is 0 Å². The Balaban J connectivity index is 1.97. The van der Waals surface area contributed by atoms with Gasteiger partial charge in [0, 0.05) is 11.6 Å². The molecule has 4 nitrogen and oxygen atoms in total. The number of carbonyl (C=O) groups excluding carboxylic acids is 2. The average molecular weight is 309 g/mol. The first kappa shape index (κ1) is 15.3. The monoisotopic (exact) mass is 309 g/mol. The zero-order valence-corrected chi connectivity index (χ0v) is 13.3. The third kappa shape index (κ3) is 3.11. The fraction of sp³-hybridized carbons (Fsp3) is 0.263. The van der Waals surface area contributed by atoms with Crippen molar-refractivity contribution < 1.29 is 14.3 Å². The lowest BCUT2D eigenvalue weighted by molar-refractivity contribution is 0.0602. The fourth-order valence-corrected chi connectivity index (χ4v) is 2.60. The van der Waals surface area contributed by atoms with Gasteiger partial charge in [0.1, 0.15) is 5.75 Å². The highest BCUT2D eigenvalue weighted by Gasteiger charge is 2.38. The lowest BCUT2D eigenvalue weighted by Crippen LogP contribution is -2.39. The third-order valence-corrected chi connectivity index (χ3v) is 3.96. The number of imide groups is 1. The average Bonchev–Trinajstić information content (AvgIpc) is 3.40. The fourth-order valence-electron chi connectivity index (χ4n) is 2.60. The Hall–Kier alpha value is -2.62. The molecule has 0 radical (unpaired) electrons. The topological polar surface area (TPSA) is 46.6 Å². The van der Waals surface area contributed by atoms with Crippen LogP contribution in [0.2, 0.25) is 0 Å².